The molecule has 6 heteroatoms. The Balaban J connectivity index is 1.83. The number of halogens is 1. The van der Waals surface area contributed by atoms with Crippen LogP contribution in [0.3, 0.4) is 0 Å². The van der Waals surface area contributed by atoms with E-state index in [1.54, 1.807) is 6.21 Å². The third kappa shape index (κ3) is 4.74. The van der Waals surface area contributed by atoms with E-state index in [1.807, 2.05) is 12.1 Å². The van der Waals surface area contributed by atoms with Gasteiger partial charge in [0.25, 0.3) is 0 Å². The number of fused-ring (bicyclic) bond motifs is 1. The number of carbonyl (C=O) groups excluding carboxylic acids is 1. The molecule has 1 aromatic carbocycles. The smallest absolute Gasteiger partial charge is 0.240 e. The van der Waals surface area contributed by atoms with Crippen LogP contribution in [0, 0.1) is 0 Å². The average Bonchev–Trinajstić information content (AvgIpc) is 2.91. The second-order valence-electron chi connectivity index (χ2n) is 4.83. The minimum atomic E-state index is -0.0563. The highest BCUT2D eigenvalue weighted by Crippen LogP contribution is 2.36. The minimum absolute atomic E-state index is 0.0563. The maximum atomic E-state index is 11.6. The number of hydrogen-bond donors (Lipinski definition) is 1. The number of nitrogens with one attached hydrogen (secondary N) is 1. The van der Waals surface area contributed by atoms with Crippen LogP contribution in [0.25, 0.3) is 0 Å². The van der Waals surface area contributed by atoms with Gasteiger partial charge in [0.15, 0.2) is 11.5 Å². The van der Waals surface area contributed by atoms with E-state index < -0.39 is 0 Å². The van der Waals surface area contributed by atoms with Crippen molar-refractivity contribution in [3.05, 3.63) is 22.2 Å². The molecule has 1 N–H and O–H groups in total. The first-order valence-corrected chi connectivity index (χ1v) is 7.91. The number of hydrogen-bond acceptors (Lipinski definition) is 4. The van der Waals surface area contributed by atoms with E-state index in [1.165, 1.54) is 6.42 Å². The number of benzene rings is 1. The van der Waals surface area contributed by atoms with Crippen LogP contribution >= 0.6 is 15.9 Å². The lowest BCUT2D eigenvalue weighted by Crippen LogP contribution is -2.16. The average molecular weight is 355 g/mol. The van der Waals surface area contributed by atoms with Gasteiger partial charge in [-0.15, -0.1) is 0 Å². The number of nitrogens with zero attached hydrogens (tertiary/aromatic N) is 1. The van der Waals surface area contributed by atoms with E-state index >= 15 is 0 Å². The van der Waals surface area contributed by atoms with Gasteiger partial charge in [-0.05, 0) is 34.5 Å². The number of unbranched alkanes of at least 4 members (excludes halogenated alkanes) is 3. The lowest BCUT2D eigenvalue weighted by molar-refractivity contribution is -0.121. The van der Waals surface area contributed by atoms with Crippen LogP contribution in [0.4, 0.5) is 0 Å². The number of hydrazone groups is 1. The van der Waals surface area contributed by atoms with E-state index in [0.717, 1.165) is 29.3 Å². The molecule has 1 aliphatic heterocycles. The molecule has 0 bridgehead atoms. The van der Waals surface area contributed by atoms with Crippen molar-refractivity contribution in [2.24, 2.45) is 5.10 Å². The second-order valence-corrected chi connectivity index (χ2v) is 5.69. The van der Waals surface area contributed by atoms with Crippen molar-refractivity contribution in [3.8, 4) is 11.5 Å². The van der Waals surface area contributed by atoms with Gasteiger partial charge in [-0.1, -0.05) is 26.2 Å². The quantitative estimate of drug-likeness (QED) is 0.462. The molecule has 0 saturated heterocycles. The van der Waals surface area contributed by atoms with Gasteiger partial charge in [0.1, 0.15) is 0 Å². The molecule has 1 heterocycles. The number of carbonyl (C=O) groups is 1. The zero-order chi connectivity index (χ0) is 15.1. The van der Waals surface area contributed by atoms with E-state index in [-0.39, 0.29) is 12.7 Å². The molecule has 0 aromatic heterocycles. The standard InChI is InChI=1S/C15H19BrN2O3/c1-2-3-4-5-6-15(19)18-17-9-11-7-13-14(8-12(11)16)21-10-20-13/h7-9H,2-6,10H2,1H3,(H,18,19). The van der Waals surface area contributed by atoms with Gasteiger partial charge in [-0.2, -0.15) is 5.10 Å². The van der Waals surface area contributed by atoms with Gasteiger partial charge in [-0.3, -0.25) is 4.79 Å². The number of amides is 1. The summed E-state index contributed by atoms with van der Waals surface area (Å²) in [5.41, 5.74) is 3.37. The van der Waals surface area contributed by atoms with Gasteiger partial charge in [0, 0.05) is 16.5 Å². The zero-order valence-corrected chi connectivity index (χ0v) is 13.6. The van der Waals surface area contributed by atoms with Crippen LogP contribution < -0.4 is 14.9 Å². The van der Waals surface area contributed by atoms with Crippen LogP contribution in [0.2, 0.25) is 0 Å². The van der Waals surface area contributed by atoms with Crippen LogP contribution in [0.15, 0.2) is 21.7 Å². The molecule has 21 heavy (non-hydrogen) atoms. The molecule has 2 rings (SSSR count). The molecule has 0 unspecified atom stereocenters. The van der Waals surface area contributed by atoms with Gasteiger partial charge >= 0.3 is 0 Å². The second kappa shape index (κ2) is 8.02. The Morgan fingerprint density at radius 3 is 2.86 bits per heavy atom. The molecule has 0 fully saturated rings. The molecule has 1 amide bonds. The Hall–Kier alpha value is -1.56. The fraction of sp³-hybridized carbons (Fsp3) is 0.467. The molecule has 0 saturated carbocycles. The predicted octanol–water partition coefficient (Wildman–Crippen LogP) is 3.60. The van der Waals surface area contributed by atoms with Gasteiger partial charge in [0.05, 0.1) is 6.21 Å². The Morgan fingerprint density at radius 1 is 1.33 bits per heavy atom. The largest absolute Gasteiger partial charge is 0.454 e. The van der Waals surface area contributed by atoms with Crippen LogP contribution in [0.1, 0.15) is 44.6 Å². The molecule has 1 aromatic rings. The van der Waals surface area contributed by atoms with Crippen molar-refractivity contribution in [3.63, 3.8) is 0 Å². The van der Waals surface area contributed by atoms with Gasteiger partial charge in [0.2, 0.25) is 12.7 Å². The van der Waals surface area contributed by atoms with E-state index in [4.69, 9.17) is 9.47 Å². The maximum absolute atomic E-state index is 11.6. The summed E-state index contributed by atoms with van der Waals surface area (Å²) in [4.78, 5) is 11.6. The minimum Gasteiger partial charge on any atom is -0.454 e. The van der Waals surface area contributed by atoms with Crippen LogP contribution in [-0.2, 0) is 4.79 Å². The molecule has 0 spiro atoms. The Kier molecular flexibility index (Phi) is 6.04. The topological polar surface area (TPSA) is 59.9 Å². The SMILES string of the molecule is CCCCCCC(=O)NN=Cc1cc2c(cc1Br)OCO2. The fourth-order valence-electron chi connectivity index (χ4n) is 1.97. The molecule has 5 nitrogen and oxygen atoms in total. The van der Waals surface area contributed by atoms with E-state index in [0.29, 0.717) is 17.9 Å². The summed E-state index contributed by atoms with van der Waals surface area (Å²) < 4.78 is 11.4. The van der Waals surface area contributed by atoms with Crippen LogP contribution in [-0.4, -0.2) is 18.9 Å². The summed E-state index contributed by atoms with van der Waals surface area (Å²) in [6.45, 7) is 2.38. The van der Waals surface area contributed by atoms with Crippen molar-refractivity contribution in [2.75, 3.05) is 6.79 Å². The Bertz CT molecular complexity index is 532. The number of rotatable bonds is 7. The summed E-state index contributed by atoms with van der Waals surface area (Å²) in [5.74, 6) is 1.34. The fourth-order valence-corrected chi connectivity index (χ4v) is 2.40. The van der Waals surface area contributed by atoms with Crippen molar-refractivity contribution < 1.29 is 14.3 Å². The van der Waals surface area contributed by atoms with Gasteiger partial charge in [-0.25, -0.2) is 5.43 Å². The van der Waals surface area contributed by atoms with Crippen LogP contribution in [0.5, 0.6) is 11.5 Å². The van der Waals surface area contributed by atoms with Crippen molar-refractivity contribution in [1.29, 1.82) is 0 Å². The first-order valence-electron chi connectivity index (χ1n) is 7.11. The monoisotopic (exact) mass is 354 g/mol. The summed E-state index contributed by atoms with van der Waals surface area (Å²) in [5, 5.41) is 3.98. The van der Waals surface area contributed by atoms with Crippen molar-refractivity contribution in [1.82, 2.24) is 5.43 Å². The van der Waals surface area contributed by atoms with Crippen molar-refractivity contribution in [2.45, 2.75) is 39.0 Å². The van der Waals surface area contributed by atoms with E-state index in [9.17, 15) is 4.79 Å². The summed E-state index contributed by atoms with van der Waals surface area (Å²) in [6.07, 6.45) is 6.43. The third-order valence-corrected chi connectivity index (χ3v) is 3.83. The first kappa shape index (κ1) is 15.8. The summed E-state index contributed by atoms with van der Waals surface area (Å²) in [6, 6.07) is 3.65. The van der Waals surface area contributed by atoms with Crippen molar-refractivity contribution >= 4 is 28.1 Å². The summed E-state index contributed by atoms with van der Waals surface area (Å²) in [7, 11) is 0. The lowest BCUT2D eigenvalue weighted by Gasteiger charge is -2.02. The van der Waals surface area contributed by atoms with E-state index in [2.05, 4.69) is 33.4 Å². The highest BCUT2D eigenvalue weighted by atomic mass is 79.9. The lowest BCUT2D eigenvalue weighted by atomic mass is 10.1. The molecular weight excluding hydrogens is 336 g/mol. The Labute approximate surface area is 132 Å². The summed E-state index contributed by atoms with van der Waals surface area (Å²) >= 11 is 3.44. The molecule has 114 valence electrons. The predicted molar refractivity (Wildman–Crippen MR) is 84.8 cm³/mol. The maximum Gasteiger partial charge on any atom is 0.240 e. The highest BCUT2D eigenvalue weighted by Gasteiger charge is 2.15. The first-order chi connectivity index (χ1) is 10.2. The highest BCUT2D eigenvalue weighted by molar-refractivity contribution is 9.10. The third-order valence-electron chi connectivity index (χ3n) is 3.14. The molecular formula is C15H19BrN2O3. The molecule has 0 radical (unpaired) electrons. The molecule has 0 aliphatic carbocycles. The molecule has 0 atom stereocenters. The Morgan fingerprint density at radius 2 is 2.10 bits per heavy atom. The normalized spacial score (nSPS) is 12.9. The zero-order valence-electron chi connectivity index (χ0n) is 12.0. The molecule has 1 aliphatic rings. The number of ether oxygens (including phenoxy) is 2. The van der Waals surface area contributed by atoms with Gasteiger partial charge < -0.3 is 9.47 Å².